The van der Waals surface area contributed by atoms with Crippen LogP contribution in [0.1, 0.15) is 31.3 Å². The average Bonchev–Trinajstić information content (AvgIpc) is 2.85. The number of carboxylic acid groups (broad SMARTS) is 1. The topological polar surface area (TPSA) is 99.9 Å². The maximum absolute atomic E-state index is 12.0. The molecule has 1 aromatic heterocycles. The second-order valence-corrected chi connectivity index (χ2v) is 6.08. The molecule has 0 spiro atoms. The van der Waals surface area contributed by atoms with E-state index in [1.54, 1.807) is 6.92 Å². The van der Waals surface area contributed by atoms with Gasteiger partial charge in [0.1, 0.15) is 0 Å². The van der Waals surface area contributed by atoms with Crippen molar-refractivity contribution in [2.45, 2.75) is 31.9 Å². The van der Waals surface area contributed by atoms with Crippen LogP contribution in [0, 0.1) is 0 Å². The Labute approximate surface area is 118 Å². The van der Waals surface area contributed by atoms with Crippen LogP contribution in [-0.2, 0) is 10.0 Å². The number of aromatic carboxylic acids is 1. The second-order valence-electron chi connectivity index (χ2n) is 4.43. The van der Waals surface area contributed by atoms with E-state index >= 15 is 0 Å². The van der Waals surface area contributed by atoms with Gasteiger partial charge in [-0.25, -0.2) is 17.9 Å². The molecule has 0 amide bonds. The molecule has 1 rings (SSSR count). The highest BCUT2D eigenvalue weighted by Gasteiger charge is 2.23. The lowest BCUT2D eigenvalue weighted by molar-refractivity contribution is 0.0656. The third kappa shape index (κ3) is 4.32. The fourth-order valence-corrected chi connectivity index (χ4v) is 2.98. The Morgan fingerprint density at radius 2 is 2.00 bits per heavy atom. The lowest BCUT2D eigenvalue weighted by Crippen LogP contribution is -2.41. The first kappa shape index (κ1) is 16.7. The van der Waals surface area contributed by atoms with Crippen LogP contribution in [0.3, 0.4) is 0 Å². The number of nitrogens with zero attached hydrogens (tertiary/aromatic N) is 1. The number of rotatable bonds is 8. The van der Waals surface area contributed by atoms with E-state index in [-0.39, 0.29) is 11.1 Å². The summed E-state index contributed by atoms with van der Waals surface area (Å²) in [6.07, 6.45) is 0. The van der Waals surface area contributed by atoms with Crippen molar-refractivity contribution in [3.8, 4) is 0 Å². The first-order valence-electron chi connectivity index (χ1n) is 6.38. The molecule has 1 aromatic rings. The number of sulfonamides is 1. The smallest absolute Gasteiger partial charge is 0.371 e. The van der Waals surface area contributed by atoms with Gasteiger partial charge in [-0.2, -0.15) is 0 Å². The molecule has 20 heavy (non-hydrogen) atoms. The summed E-state index contributed by atoms with van der Waals surface area (Å²) >= 11 is 0. The van der Waals surface area contributed by atoms with Crippen molar-refractivity contribution < 1.29 is 22.7 Å². The number of nitrogens with one attached hydrogen (secondary N) is 1. The van der Waals surface area contributed by atoms with Gasteiger partial charge in [0.25, 0.3) is 10.0 Å². The fourth-order valence-electron chi connectivity index (χ4n) is 1.81. The van der Waals surface area contributed by atoms with Crippen molar-refractivity contribution in [1.29, 1.82) is 0 Å². The quantitative estimate of drug-likeness (QED) is 0.743. The Kier molecular flexibility index (Phi) is 5.73. The predicted molar refractivity (Wildman–Crippen MR) is 73.2 cm³/mol. The molecule has 0 radical (unpaired) electrons. The number of furan rings is 1. The van der Waals surface area contributed by atoms with E-state index in [1.165, 1.54) is 0 Å². The summed E-state index contributed by atoms with van der Waals surface area (Å²) in [5.74, 6) is -1.70. The van der Waals surface area contributed by atoms with Gasteiger partial charge >= 0.3 is 5.97 Å². The van der Waals surface area contributed by atoms with Gasteiger partial charge in [0, 0.05) is 12.6 Å². The number of carbonyl (C=O) groups is 1. The van der Waals surface area contributed by atoms with Crippen LogP contribution in [0.25, 0.3) is 0 Å². The highest BCUT2D eigenvalue weighted by Crippen LogP contribution is 2.14. The van der Waals surface area contributed by atoms with Gasteiger partial charge in [0.15, 0.2) is 0 Å². The van der Waals surface area contributed by atoms with Crippen LogP contribution in [0.5, 0.6) is 0 Å². The minimum absolute atomic E-state index is 0.307. The Morgan fingerprint density at radius 3 is 2.45 bits per heavy atom. The van der Waals surface area contributed by atoms with E-state index in [0.29, 0.717) is 6.54 Å². The molecule has 1 heterocycles. The monoisotopic (exact) mass is 304 g/mol. The summed E-state index contributed by atoms with van der Waals surface area (Å²) in [4.78, 5) is 12.8. The summed E-state index contributed by atoms with van der Waals surface area (Å²) in [5, 5.41) is 8.33. The summed E-state index contributed by atoms with van der Waals surface area (Å²) in [6.45, 7) is 7.96. The molecule has 0 saturated carbocycles. The van der Waals surface area contributed by atoms with E-state index < -0.39 is 21.8 Å². The maximum atomic E-state index is 12.0. The summed E-state index contributed by atoms with van der Waals surface area (Å²) in [5.41, 5.74) is 0. The molecule has 1 unspecified atom stereocenters. The zero-order chi connectivity index (χ0) is 15.3. The minimum atomic E-state index is -3.84. The number of carboxylic acids is 1. The highest BCUT2D eigenvalue weighted by atomic mass is 32.2. The molecular formula is C12H20N2O5S. The van der Waals surface area contributed by atoms with Crippen LogP contribution in [0.4, 0.5) is 0 Å². The van der Waals surface area contributed by atoms with Gasteiger partial charge in [-0.3, -0.25) is 0 Å². The van der Waals surface area contributed by atoms with E-state index in [9.17, 15) is 13.2 Å². The zero-order valence-corrected chi connectivity index (χ0v) is 12.6. The van der Waals surface area contributed by atoms with Gasteiger partial charge in [-0.1, -0.05) is 13.8 Å². The SMILES string of the molecule is CCN(CC)CC(C)NS(=O)(=O)c1ccc(C(=O)O)o1. The molecule has 0 fully saturated rings. The number of likely N-dealkylation sites (N-methyl/N-ethyl adjacent to an activating group) is 1. The third-order valence-corrected chi connectivity index (χ3v) is 4.30. The van der Waals surface area contributed by atoms with E-state index in [2.05, 4.69) is 9.62 Å². The molecule has 0 aromatic carbocycles. The second kappa shape index (κ2) is 6.87. The van der Waals surface area contributed by atoms with Crippen LogP contribution in [-0.4, -0.2) is 50.1 Å². The maximum Gasteiger partial charge on any atom is 0.371 e. The fraction of sp³-hybridized carbons (Fsp3) is 0.583. The van der Waals surface area contributed by atoms with Gasteiger partial charge < -0.3 is 14.4 Å². The average molecular weight is 304 g/mol. The van der Waals surface area contributed by atoms with Crippen molar-refractivity contribution in [2.24, 2.45) is 0 Å². The van der Waals surface area contributed by atoms with Gasteiger partial charge in [0.05, 0.1) is 0 Å². The Balaban J connectivity index is 2.76. The van der Waals surface area contributed by atoms with Crippen molar-refractivity contribution in [2.75, 3.05) is 19.6 Å². The van der Waals surface area contributed by atoms with Gasteiger partial charge in [-0.15, -0.1) is 0 Å². The van der Waals surface area contributed by atoms with Crippen molar-refractivity contribution in [3.05, 3.63) is 17.9 Å². The first-order chi connectivity index (χ1) is 9.30. The van der Waals surface area contributed by atoms with E-state index in [1.807, 2.05) is 13.8 Å². The van der Waals surface area contributed by atoms with Gasteiger partial charge in [-0.05, 0) is 32.1 Å². The molecule has 1 atom stereocenters. The van der Waals surface area contributed by atoms with Crippen molar-refractivity contribution in [3.63, 3.8) is 0 Å². The Bertz CT molecular complexity index is 548. The zero-order valence-electron chi connectivity index (χ0n) is 11.8. The van der Waals surface area contributed by atoms with Crippen LogP contribution < -0.4 is 4.72 Å². The highest BCUT2D eigenvalue weighted by molar-refractivity contribution is 7.89. The summed E-state index contributed by atoms with van der Waals surface area (Å²) in [6, 6.07) is 1.94. The molecule has 7 nitrogen and oxygen atoms in total. The Hall–Kier alpha value is -1.38. The molecular weight excluding hydrogens is 284 g/mol. The molecule has 0 aliphatic heterocycles. The molecule has 114 valence electrons. The number of hydrogen-bond acceptors (Lipinski definition) is 5. The predicted octanol–water partition coefficient (Wildman–Crippen LogP) is 0.986. The lowest BCUT2D eigenvalue weighted by Gasteiger charge is -2.22. The summed E-state index contributed by atoms with van der Waals surface area (Å²) in [7, 11) is -3.84. The van der Waals surface area contributed by atoms with E-state index in [4.69, 9.17) is 9.52 Å². The molecule has 2 N–H and O–H groups in total. The largest absolute Gasteiger partial charge is 0.475 e. The molecule has 0 aliphatic rings. The normalized spacial score (nSPS) is 13.6. The van der Waals surface area contributed by atoms with Crippen molar-refractivity contribution in [1.82, 2.24) is 9.62 Å². The minimum Gasteiger partial charge on any atom is -0.475 e. The van der Waals surface area contributed by atoms with E-state index in [0.717, 1.165) is 25.2 Å². The van der Waals surface area contributed by atoms with Crippen LogP contribution in [0.2, 0.25) is 0 Å². The standard InChI is InChI=1S/C12H20N2O5S/c1-4-14(5-2)8-9(3)13-20(17,18)11-7-6-10(19-11)12(15)16/h6-7,9,13H,4-5,8H2,1-3H3,(H,15,16). The van der Waals surface area contributed by atoms with Crippen LogP contribution in [0.15, 0.2) is 21.6 Å². The summed E-state index contributed by atoms with van der Waals surface area (Å²) < 4.78 is 31.3. The first-order valence-corrected chi connectivity index (χ1v) is 7.86. The van der Waals surface area contributed by atoms with Crippen molar-refractivity contribution >= 4 is 16.0 Å². The third-order valence-electron chi connectivity index (χ3n) is 2.84. The lowest BCUT2D eigenvalue weighted by atomic mass is 10.3. The molecule has 0 aliphatic carbocycles. The Morgan fingerprint density at radius 1 is 1.40 bits per heavy atom. The molecule has 0 bridgehead atoms. The molecule has 0 saturated heterocycles. The number of hydrogen-bond donors (Lipinski definition) is 2. The molecule has 8 heteroatoms. The van der Waals surface area contributed by atoms with Crippen LogP contribution >= 0.6 is 0 Å². The van der Waals surface area contributed by atoms with Gasteiger partial charge in [0.2, 0.25) is 10.9 Å².